The minimum absolute atomic E-state index is 0.0737. The largest absolute Gasteiger partial charge is 0.453 e. The molecular formula is C19H22N6O4. The number of morpholine rings is 1. The van der Waals surface area contributed by atoms with Gasteiger partial charge in [0.25, 0.3) is 0 Å². The van der Waals surface area contributed by atoms with Gasteiger partial charge in [0.1, 0.15) is 11.3 Å². The van der Waals surface area contributed by atoms with Crippen LogP contribution in [0.5, 0.6) is 0 Å². The zero-order chi connectivity index (χ0) is 20.4. The number of aliphatic hydroxyl groups excluding tert-OH is 1. The van der Waals surface area contributed by atoms with E-state index in [1.807, 2.05) is 13.0 Å². The number of hydrogen-bond donors (Lipinski definition) is 2. The summed E-state index contributed by atoms with van der Waals surface area (Å²) in [4.78, 5) is 22.6. The Morgan fingerprint density at radius 1 is 1.34 bits per heavy atom. The number of ether oxygens (including phenoxy) is 2. The predicted octanol–water partition coefficient (Wildman–Crippen LogP) is 1.61. The van der Waals surface area contributed by atoms with Gasteiger partial charge in [0.2, 0.25) is 0 Å². The fraction of sp³-hybridized carbons (Fsp3) is 0.368. The molecule has 1 aliphatic heterocycles. The van der Waals surface area contributed by atoms with Crippen molar-refractivity contribution in [3.63, 3.8) is 0 Å². The maximum absolute atomic E-state index is 11.4. The van der Waals surface area contributed by atoms with Crippen LogP contribution in [0.2, 0.25) is 0 Å². The van der Waals surface area contributed by atoms with Gasteiger partial charge in [-0.2, -0.15) is 0 Å². The normalized spacial score (nSPS) is 14.2. The summed E-state index contributed by atoms with van der Waals surface area (Å²) in [7, 11) is 1.30. The van der Waals surface area contributed by atoms with E-state index in [0.29, 0.717) is 24.9 Å². The molecule has 3 aromatic rings. The van der Waals surface area contributed by atoms with Crippen molar-refractivity contribution in [2.45, 2.75) is 13.5 Å². The van der Waals surface area contributed by atoms with Crippen molar-refractivity contribution in [2.24, 2.45) is 0 Å². The Kier molecular flexibility index (Phi) is 5.28. The Hall–Kier alpha value is -3.24. The average molecular weight is 398 g/mol. The van der Waals surface area contributed by atoms with Gasteiger partial charge in [-0.15, -0.1) is 5.10 Å². The fourth-order valence-electron chi connectivity index (χ4n) is 3.26. The molecule has 2 N–H and O–H groups in total. The van der Waals surface area contributed by atoms with Crippen molar-refractivity contribution in [3.05, 3.63) is 35.7 Å². The van der Waals surface area contributed by atoms with E-state index in [2.05, 4.69) is 25.0 Å². The molecule has 4 heterocycles. The summed E-state index contributed by atoms with van der Waals surface area (Å²) in [6.07, 6.45) is 2.84. The highest BCUT2D eigenvalue weighted by Gasteiger charge is 2.20. The summed E-state index contributed by atoms with van der Waals surface area (Å²) in [6.45, 7) is 4.54. The SMILES string of the molecule is COC(=O)Nc1cc(C)c(-c2nc(N3CCOCC3)c3cc(CO)cn3n2)cn1. The van der Waals surface area contributed by atoms with E-state index >= 15 is 0 Å². The number of aliphatic hydroxyl groups is 1. The summed E-state index contributed by atoms with van der Waals surface area (Å²) in [5.74, 6) is 1.68. The predicted molar refractivity (Wildman–Crippen MR) is 106 cm³/mol. The third kappa shape index (κ3) is 3.84. The smallest absolute Gasteiger partial charge is 0.412 e. The van der Waals surface area contributed by atoms with Gasteiger partial charge in [0.15, 0.2) is 11.6 Å². The second-order valence-corrected chi connectivity index (χ2v) is 6.70. The zero-order valence-electron chi connectivity index (χ0n) is 16.3. The molecule has 1 saturated heterocycles. The molecular weight excluding hydrogens is 376 g/mol. The topological polar surface area (TPSA) is 114 Å². The number of hydrogen-bond acceptors (Lipinski definition) is 8. The van der Waals surface area contributed by atoms with Crippen molar-refractivity contribution in [3.8, 4) is 11.4 Å². The molecule has 10 nitrogen and oxygen atoms in total. The third-order valence-electron chi connectivity index (χ3n) is 4.76. The summed E-state index contributed by atoms with van der Waals surface area (Å²) in [5.41, 5.74) is 3.19. The quantitative estimate of drug-likeness (QED) is 0.681. The van der Waals surface area contributed by atoms with E-state index in [1.54, 1.807) is 23.0 Å². The number of pyridine rings is 1. The van der Waals surface area contributed by atoms with Crippen LogP contribution in [0.1, 0.15) is 11.1 Å². The van der Waals surface area contributed by atoms with Crippen LogP contribution in [0.25, 0.3) is 16.9 Å². The lowest BCUT2D eigenvalue weighted by Gasteiger charge is -2.28. The van der Waals surface area contributed by atoms with E-state index in [1.165, 1.54) is 7.11 Å². The number of aryl methyl sites for hydroxylation is 1. The molecule has 0 radical (unpaired) electrons. The molecule has 3 aromatic heterocycles. The highest BCUT2D eigenvalue weighted by Crippen LogP contribution is 2.27. The van der Waals surface area contributed by atoms with E-state index in [0.717, 1.165) is 41.1 Å². The van der Waals surface area contributed by atoms with Gasteiger partial charge >= 0.3 is 6.09 Å². The van der Waals surface area contributed by atoms with Crippen LogP contribution in [0.4, 0.5) is 16.4 Å². The minimum atomic E-state index is -0.583. The molecule has 10 heteroatoms. The minimum Gasteiger partial charge on any atom is -0.453 e. The van der Waals surface area contributed by atoms with E-state index in [-0.39, 0.29) is 6.61 Å². The highest BCUT2D eigenvalue weighted by atomic mass is 16.5. The van der Waals surface area contributed by atoms with Crippen molar-refractivity contribution in [2.75, 3.05) is 43.6 Å². The number of rotatable bonds is 4. The molecule has 1 aliphatic rings. The first-order valence-electron chi connectivity index (χ1n) is 9.24. The Labute approximate surface area is 167 Å². The van der Waals surface area contributed by atoms with Gasteiger partial charge in [0.05, 0.1) is 26.9 Å². The monoisotopic (exact) mass is 398 g/mol. The maximum atomic E-state index is 11.4. The van der Waals surface area contributed by atoms with Gasteiger partial charge in [-0.3, -0.25) is 5.32 Å². The number of nitrogens with one attached hydrogen (secondary N) is 1. The number of fused-ring (bicyclic) bond motifs is 1. The Morgan fingerprint density at radius 2 is 2.14 bits per heavy atom. The number of methoxy groups -OCH3 is 1. The first-order valence-corrected chi connectivity index (χ1v) is 9.24. The van der Waals surface area contributed by atoms with Crippen molar-refractivity contribution >= 4 is 23.2 Å². The number of nitrogens with zero attached hydrogens (tertiary/aromatic N) is 5. The molecule has 0 aromatic carbocycles. The second-order valence-electron chi connectivity index (χ2n) is 6.70. The molecule has 152 valence electrons. The summed E-state index contributed by atoms with van der Waals surface area (Å²) >= 11 is 0. The first-order chi connectivity index (χ1) is 14.1. The van der Waals surface area contributed by atoms with Crippen LogP contribution in [0.15, 0.2) is 24.5 Å². The van der Waals surface area contributed by atoms with Crippen LogP contribution >= 0.6 is 0 Å². The molecule has 0 saturated carbocycles. The number of amides is 1. The van der Waals surface area contributed by atoms with Crippen LogP contribution in [-0.2, 0) is 16.1 Å². The number of carbonyl (C=O) groups excluding carboxylic acids is 1. The van der Waals surface area contributed by atoms with Crippen molar-refractivity contribution in [1.29, 1.82) is 0 Å². The molecule has 0 aliphatic carbocycles. The van der Waals surface area contributed by atoms with E-state index in [9.17, 15) is 9.90 Å². The van der Waals surface area contributed by atoms with Gasteiger partial charge in [-0.1, -0.05) is 0 Å². The average Bonchev–Trinajstić information content (AvgIpc) is 3.17. The molecule has 0 unspecified atom stereocenters. The van der Waals surface area contributed by atoms with Crippen LogP contribution in [-0.4, -0.2) is 64.2 Å². The van der Waals surface area contributed by atoms with Gasteiger partial charge < -0.3 is 19.5 Å². The van der Waals surface area contributed by atoms with Crippen LogP contribution < -0.4 is 10.2 Å². The highest BCUT2D eigenvalue weighted by molar-refractivity contribution is 5.83. The molecule has 29 heavy (non-hydrogen) atoms. The number of carbonyl (C=O) groups is 1. The Balaban J connectivity index is 1.78. The van der Waals surface area contributed by atoms with E-state index < -0.39 is 6.09 Å². The summed E-state index contributed by atoms with van der Waals surface area (Å²) < 4.78 is 11.8. The van der Waals surface area contributed by atoms with Crippen molar-refractivity contribution < 1.29 is 19.4 Å². The summed E-state index contributed by atoms with van der Waals surface area (Å²) in [6, 6.07) is 3.63. The third-order valence-corrected chi connectivity index (χ3v) is 4.76. The standard InChI is InChI=1S/C19H22N6O4/c1-12-7-16(21-19(27)28-2)20-9-14(12)17-22-18(24-3-5-29-6-4-24)15-8-13(11-26)10-25(15)23-17/h7-10,26H,3-6,11H2,1-2H3,(H,20,21,27). The molecule has 1 amide bonds. The van der Waals surface area contributed by atoms with Gasteiger partial charge in [-0.25, -0.2) is 19.3 Å². The van der Waals surface area contributed by atoms with Crippen molar-refractivity contribution in [1.82, 2.24) is 19.6 Å². The van der Waals surface area contributed by atoms with E-state index in [4.69, 9.17) is 9.72 Å². The molecule has 1 fully saturated rings. The summed E-state index contributed by atoms with van der Waals surface area (Å²) in [5, 5.41) is 16.7. The van der Waals surface area contributed by atoms with Gasteiger partial charge in [-0.05, 0) is 30.2 Å². The maximum Gasteiger partial charge on any atom is 0.412 e. The molecule has 4 rings (SSSR count). The Morgan fingerprint density at radius 3 is 2.83 bits per heavy atom. The first kappa shape index (κ1) is 19.1. The lowest BCUT2D eigenvalue weighted by molar-refractivity contribution is 0.122. The second kappa shape index (κ2) is 8.02. The van der Waals surface area contributed by atoms with Crippen LogP contribution in [0.3, 0.4) is 0 Å². The van der Waals surface area contributed by atoms with Crippen LogP contribution in [0, 0.1) is 6.92 Å². The van der Waals surface area contributed by atoms with Gasteiger partial charge in [0, 0.05) is 31.0 Å². The lowest BCUT2D eigenvalue weighted by Crippen LogP contribution is -2.37. The fourth-order valence-corrected chi connectivity index (χ4v) is 3.26. The number of aromatic nitrogens is 4. The molecule has 0 atom stereocenters. The molecule has 0 bridgehead atoms. The molecule has 0 spiro atoms. The zero-order valence-corrected chi connectivity index (χ0v) is 16.3. The Bertz CT molecular complexity index is 1040. The lowest BCUT2D eigenvalue weighted by atomic mass is 10.1. The number of anilines is 2.